The lowest BCUT2D eigenvalue weighted by atomic mass is 10.0. The van der Waals surface area contributed by atoms with Crippen LogP contribution in [-0.4, -0.2) is 81.6 Å². The lowest BCUT2D eigenvalue weighted by Gasteiger charge is -2.20. The molecule has 0 fully saturated rings. The van der Waals surface area contributed by atoms with Gasteiger partial charge in [-0.1, -0.05) is 151 Å². The largest absolute Gasteiger partial charge is 0.472 e. The predicted molar refractivity (Wildman–Crippen MR) is 231 cm³/mol. The molecule has 5 N–H and O–H groups in total. The summed E-state index contributed by atoms with van der Waals surface area (Å²) in [5.41, 5.74) is 0. The van der Waals surface area contributed by atoms with E-state index >= 15 is 0 Å². The number of ether oxygens (including phenoxy) is 2. The second-order valence-corrected chi connectivity index (χ2v) is 17.3. The van der Waals surface area contributed by atoms with E-state index in [0.717, 1.165) is 50.9 Å². The fraction of sp³-hybridized carbons (Fsp3) is 0.674. The van der Waals surface area contributed by atoms with Gasteiger partial charge in [-0.3, -0.25) is 23.2 Å². The van der Waals surface area contributed by atoms with Crippen molar-refractivity contribution in [3.8, 4) is 0 Å². The first-order chi connectivity index (χ1) is 28.1. The number of hydrogen-bond donors (Lipinski definition) is 5. The van der Waals surface area contributed by atoms with Crippen molar-refractivity contribution >= 4 is 27.6 Å². The average molecular weight is 877 g/mol. The van der Waals surface area contributed by atoms with Gasteiger partial charge in [-0.2, -0.15) is 0 Å². The molecule has 0 aliphatic heterocycles. The van der Waals surface area contributed by atoms with Crippen LogP contribution in [0.15, 0.2) is 72.9 Å². The third kappa shape index (κ3) is 42.0. The van der Waals surface area contributed by atoms with Gasteiger partial charge in [-0.05, 0) is 50.9 Å². The van der Waals surface area contributed by atoms with E-state index in [1.807, 2.05) is 54.7 Å². The van der Waals surface area contributed by atoms with Gasteiger partial charge < -0.3 is 34.4 Å². The molecule has 0 aromatic heterocycles. The first kappa shape index (κ1) is 56.5. The van der Waals surface area contributed by atoms with Gasteiger partial charge in [0.2, 0.25) is 0 Å². The molecule has 0 radical (unpaired) electrons. The minimum absolute atomic E-state index is 0.0518. The third-order valence-corrected chi connectivity index (χ3v) is 9.81. The molecule has 0 amide bonds. The van der Waals surface area contributed by atoms with Crippen molar-refractivity contribution in [3.63, 3.8) is 0 Å². The molecule has 0 heterocycles. The minimum atomic E-state index is -4.87. The lowest BCUT2D eigenvalue weighted by molar-refractivity contribution is -0.161. The minimum Gasteiger partial charge on any atom is -0.462 e. The monoisotopic (exact) mass is 876 g/mol. The number of aliphatic hydroxyl groups excluding tert-OH is 2. The van der Waals surface area contributed by atoms with Gasteiger partial charge in [0.05, 0.1) is 25.9 Å². The van der Waals surface area contributed by atoms with Crippen molar-refractivity contribution in [1.82, 2.24) is 0 Å². The molecule has 0 spiro atoms. The zero-order chi connectivity index (χ0) is 44.0. The molecule has 0 aromatic carbocycles. The van der Waals surface area contributed by atoms with Crippen LogP contribution < -0.4 is 0 Å². The van der Waals surface area contributed by atoms with E-state index in [9.17, 15) is 33.8 Å². The Kier molecular flexibility index (Phi) is 35.7. The van der Waals surface area contributed by atoms with Gasteiger partial charge in [0.15, 0.2) is 6.10 Å². The Morgan fingerprint density at radius 2 is 1.17 bits per heavy atom. The van der Waals surface area contributed by atoms with Crippen molar-refractivity contribution in [3.05, 3.63) is 72.9 Å². The first-order valence-corrected chi connectivity index (χ1v) is 24.1. The van der Waals surface area contributed by atoms with Gasteiger partial charge in [-0.25, -0.2) is 9.13 Å². The van der Waals surface area contributed by atoms with Crippen molar-refractivity contribution < 1.29 is 66.7 Å². The molecule has 340 valence electrons. The first-order valence-electron chi connectivity index (χ1n) is 21.1. The van der Waals surface area contributed by atoms with Crippen molar-refractivity contribution in [1.29, 1.82) is 0 Å². The Labute approximate surface area is 353 Å². The molecule has 14 nitrogen and oxygen atoms in total. The fourth-order valence-electron chi connectivity index (χ4n) is 5.17. The highest BCUT2D eigenvalue weighted by atomic mass is 31.2. The van der Waals surface area contributed by atoms with Crippen LogP contribution in [0, 0.1) is 5.92 Å². The Morgan fingerprint density at radius 3 is 1.78 bits per heavy atom. The Balaban J connectivity index is 4.68. The number of aliphatic hydroxyl groups is 2. The van der Waals surface area contributed by atoms with Crippen LogP contribution in [0.1, 0.15) is 136 Å². The second-order valence-electron chi connectivity index (χ2n) is 14.6. The molecular weight excluding hydrogens is 802 g/mol. The fourth-order valence-corrected chi connectivity index (χ4v) is 6.33. The van der Waals surface area contributed by atoms with E-state index in [-0.39, 0.29) is 12.8 Å². The number of hydrogen-bond acceptors (Lipinski definition) is 11. The summed E-state index contributed by atoms with van der Waals surface area (Å²) in [6.07, 6.45) is 35.5. The van der Waals surface area contributed by atoms with E-state index in [0.29, 0.717) is 25.7 Å². The van der Waals surface area contributed by atoms with E-state index in [1.165, 1.54) is 32.1 Å². The van der Waals surface area contributed by atoms with Gasteiger partial charge in [0, 0.05) is 12.8 Å². The molecule has 0 aromatic rings. The Morgan fingerprint density at radius 1 is 0.610 bits per heavy atom. The SMILES string of the molecule is CC/C=C\CC(O)/C=C/C=C/C/C=C\C/C=C\C/C=C\CCC(=O)OC[C@H](COP(=O)(O)OC[C@@H](O)COP(=O)(O)O)OC(=O)CCCCCCCCCCCC(C)C. The topological polar surface area (TPSA) is 216 Å². The van der Waals surface area contributed by atoms with Gasteiger partial charge in [-0.15, -0.1) is 0 Å². The van der Waals surface area contributed by atoms with E-state index in [2.05, 4.69) is 42.0 Å². The van der Waals surface area contributed by atoms with Crippen molar-refractivity contribution in [2.24, 2.45) is 5.92 Å². The maximum atomic E-state index is 12.6. The van der Waals surface area contributed by atoms with Crippen LogP contribution in [0.4, 0.5) is 0 Å². The van der Waals surface area contributed by atoms with E-state index < -0.39 is 72.3 Å². The van der Waals surface area contributed by atoms with Gasteiger partial charge in [0.1, 0.15) is 12.7 Å². The highest BCUT2D eigenvalue weighted by molar-refractivity contribution is 7.47. The molecular formula is C43H74O14P2. The maximum Gasteiger partial charge on any atom is 0.472 e. The highest BCUT2D eigenvalue weighted by Gasteiger charge is 2.28. The van der Waals surface area contributed by atoms with E-state index in [4.69, 9.17) is 23.8 Å². The number of esters is 2. The maximum absolute atomic E-state index is 12.6. The van der Waals surface area contributed by atoms with E-state index in [1.54, 1.807) is 6.08 Å². The summed E-state index contributed by atoms with van der Waals surface area (Å²) in [7, 11) is -9.71. The molecule has 0 bridgehead atoms. The standard InChI is InChI=1S/C43H74O14P2/c1-4-5-24-30-39(44)31-26-21-17-13-9-7-6-8-10-14-18-22-27-32-42(46)53-36-41(37-56-59(51,52)55-35-40(45)34-54-58(48,49)50)57-43(47)33-28-23-19-15-11-12-16-20-25-29-38(2)3/h5,7-10,17-18,21-22,24,26,31,38-41,44-45H,4,6,11-16,19-20,23,25,27-30,32-37H2,1-3H3,(H,51,52)(H2,48,49,50)/b9-7-,10-8-,21-17+,22-18-,24-5-,31-26+/t39?,40-,41+/m0/s1. The van der Waals surface area contributed by atoms with Crippen molar-refractivity contribution in [2.45, 2.75) is 155 Å². The molecule has 16 heteroatoms. The molecule has 0 saturated heterocycles. The molecule has 0 saturated carbocycles. The quantitative estimate of drug-likeness (QED) is 0.0128. The van der Waals surface area contributed by atoms with Crippen LogP contribution in [-0.2, 0) is 41.8 Å². The number of phosphoric ester groups is 2. The van der Waals surface area contributed by atoms with Crippen LogP contribution in [0.2, 0.25) is 0 Å². The smallest absolute Gasteiger partial charge is 0.462 e. The molecule has 4 atom stereocenters. The summed E-state index contributed by atoms with van der Waals surface area (Å²) in [6, 6.07) is 0. The number of phosphoric acid groups is 2. The van der Waals surface area contributed by atoms with Gasteiger partial charge in [0.25, 0.3) is 0 Å². The van der Waals surface area contributed by atoms with Crippen LogP contribution >= 0.6 is 15.6 Å². The summed E-state index contributed by atoms with van der Waals surface area (Å²) in [4.78, 5) is 52.6. The average Bonchev–Trinajstić information content (AvgIpc) is 3.17. The Hall–Kier alpha value is -2.48. The summed E-state index contributed by atoms with van der Waals surface area (Å²) in [5.74, 6) is -0.413. The summed E-state index contributed by atoms with van der Waals surface area (Å²) >= 11 is 0. The Bertz CT molecular complexity index is 1350. The normalized spacial score (nSPS) is 15.4. The summed E-state index contributed by atoms with van der Waals surface area (Å²) < 4.78 is 47.6. The summed E-state index contributed by atoms with van der Waals surface area (Å²) in [5, 5.41) is 19.6. The highest BCUT2D eigenvalue weighted by Crippen LogP contribution is 2.43. The number of carbonyl (C=O) groups excluding carboxylic acids is 2. The zero-order valence-corrected chi connectivity index (χ0v) is 37.4. The summed E-state index contributed by atoms with van der Waals surface area (Å²) in [6.45, 7) is 3.71. The van der Waals surface area contributed by atoms with Crippen LogP contribution in [0.25, 0.3) is 0 Å². The number of allylic oxidation sites excluding steroid dienone is 10. The molecule has 0 aliphatic rings. The van der Waals surface area contributed by atoms with Crippen molar-refractivity contribution in [2.75, 3.05) is 26.4 Å². The number of carbonyl (C=O) groups is 2. The number of unbranched alkanes of at least 4 members (excludes halogenated alkanes) is 8. The second kappa shape index (κ2) is 37.3. The lowest BCUT2D eigenvalue weighted by Crippen LogP contribution is -2.29. The third-order valence-electron chi connectivity index (χ3n) is 8.37. The van der Waals surface area contributed by atoms with Crippen LogP contribution in [0.5, 0.6) is 0 Å². The molecule has 0 rings (SSSR count). The van der Waals surface area contributed by atoms with Gasteiger partial charge >= 0.3 is 27.6 Å². The molecule has 2 unspecified atom stereocenters. The zero-order valence-electron chi connectivity index (χ0n) is 35.6. The molecule has 0 aliphatic carbocycles. The molecule has 59 heavy (non-hydrogen) atoms. The van der Waals surface area contributed by atoms with Crippen LogP contribution in [0.3, 0.4) is 0 Å². The number of rotatable bonds is 38. The predicted octanol–water partition coefficient (Wildman–Crippen LogP) is 9.44.